The van der Waals surface area contributed by atoms with Crippen LogP contribution in [0.25, 0.3) is 0 Å². The number of hydrogen-bond acceptors (Lipinski definition) is 5. The Labute approximate surface area is 225 Å². The first-order valence-corrected chi connectivity index (χ1v) is 14.0. The van der Waals surface area contributed by atoms with Crippen LogP contribution < -0.4 is 16.4 Å². The van der Waals surface area contributed by atoms with Crippen molar-refractivity contribution in [2.24, 2.45) is 11.7 Å². The third-order valence-corrected chi connectivity index (χ3v) is 7.35. The number of hydrogen-bond donors (Lipinski definition) is 4. The lowest BCUT2D eigenvalue weighted by Gasteiger charge is -2.15. The number of carbonyl (C=O) groups excluding carboxylic acids is 3. The number of nitrogens with two attached hydrogens (primary N) is 1. The number of amides is 3. The van der Waals surface area contributed by atoms with E-state index in [-0.39, 0.29) is 18.4 Å². The molecular formula is C28H41N5O3S. The van der Waals surface area contributed by atoms with Crippen molar-refractivity contribution in [3.63, 3.8) is 0 Å². The zero-order chi connectivity index (χ0) is 26.8. The number of aryl methyl sites for hydroxylation is 2. The van der Waals surface area contributed by atoms with Gasteiger partial charge in [0, 0.05) is 23.2 Å². The molecule has 1 heterocycles. The van der Waals surface area contributed by atoms with Gasteiger partial charge in [-0.05, 0) is 73.1 Å². The molecule has 3 amide bonds. The standard InChI is InChI=1S/C15H25N3O2S.C13H16N2O/c1-3-5-7-12(6-4-2)8-14(19)16-10-15(20)18-11-13(21)9-17-18;14-13(16)15-12-10-5-1-3-8(10)7-9-4-2-6-11(9)12/h9,11-12,21H,3-8,10H2,1-2H3,(H,16,19);7H,1-6H2,(H3,14,15,16). The van der Waals surface area contributed by atoms with Crippen molar-refractivity contribution in [1.29, 1.82) is 0 Å². The van der Waals surface area contributed by atoms with Crippen molar-refractivity contribution >= 4 is 36.2 Å². The molecule has 37 heavy (non-hydrogen) atoms. The maximum absolute atomic E-state index is 11.9. The minimum Gasteiger partial charge on any atom is -0.351 e. The summed E-state index contributed by atoms with van der Waals surface area (Å²) < 4.78 is 1.20. The Morgan fingerprint density at radius 1 is 1.05 bits per heavy atom. The van der Waals surface area contributed by atoms with Gasteiger partial charge in [0.2, 0.25) is 5.91 Å². The number of nitrogens with zero attached hydrogens (tertiary/aromatic N) is 2. The van der Waals surface area contributed by atoms with Gasteiger partial charge in [0.15, 0.2) is 0 Å². The van der Waals surface area contributed by atoms with Gasteiger partial charge in [0.1, 0.15) is 0 Å². The van der Waals surface area contributed by atoms with Gasteiger partial charge < -0.3 is 16.4 Å². The fourth-order valence-corrected chi connectivity index (χ4v) is 5.54. The molecular weight excluding hydrogens is 486 g/mol. The van der Waals surface area contributed by atoms with E-state index in [4.69, 9.17) is 5.73 Å². The van der Waals surface area contributed by atoms with Crippen LogP contribution in [-0.4, -0.2) is 34.2 Å². The largest absolute Gasteiger partial charge is 0.351 e. The Kier molecular flexibility index (Phi) is 11.0. The lowest BCUT2D eigenvalue weighted by molar-refractivity contribution is -0.122. The predicted molar refractivity (Wildman–Crippen MR) is 149 cm³/mol. The number of benzene rings is 1. The van der Waals surface area contributed by atoms with E-state index in [1.54, 1.807) is 0 Å². The average Bonchev–Trinajstić information content (AvgIpc) is 3.62. The summed E-state index contributed by atoms with van der Waals surface area (Å²) in [6.45, 7) is 4.26. The Morgan fingerprint density at radius 3 is 2.27 bits per heavy atom. The van der Waals surface area contributed by atoms with Crippen molar-refractivity contribution < 1.29 is 14.4 Å². The molecule has 8 nitrogen and oxygen atoms in total. The molecule has 2 aliphatic rings. The average molecular weight is 528 g/mol. The lowest BCUT2D eigenvalue weighted by Crippen LogP contribution is -2.33. The molecule has 2 aliphatic carbocycles. The highest BCUT2D eigenvalue weighted by atomic mass is 32.1. The first kappa shape index (κ1) is 28.8. The van der Waals surface area contributed by atoms with Crippen LogP contribution in [0.5, 0.6) is 0 Å². The fourth-order valence-electron chi connectivity index (χ4n) is 5.38. The zero-order valence-electron chi connectivity index (χ0n) is 22.1. The monoisotopic (exact) mass is 527 g/mol. The molecule has 1 aromatic heterocycles. The van der Waals surface area contributed by atoms with Crippen LogP contribution >= 0.6 is 12.6 Å². The van der Waals surface area contributed by atoms with E-state index in [1.807, 2.05) is 0 Å². The molecule has 9 heteroatoms. The number of aromatic nitrogens is 2. The molecule has 1 atom stereocenters. The van der Waals surface area contributed by atoms with Gasteiger partial charge in [-0.15, -0.1) is 12.6 Å². The van der Waals surface area contributed by atoms with Gasteiger partial charge in [0.05, 0.1) is 12.7 Å². The van der Waals surface area contributed by atoms with Crippen LogP contribution in [-0.2, 0) is 30.5 Å². The minimum atomic E-state index is -0.436. The van der Waals surface area contributed by atoms with E-state index < -0.39 is 6.03 Å². The third-order valence-electron chi connectivity index (χ3n) is 7.12. The Hall–Kier alpha value is -2.81. The lowest BCUT2D eigenvalue weighted by atomic mass is 9.93. The summed E-state index contributed by atoms with van der Waals surface area (Å²) in [5.74, 6) is 0.0965. The maximum Gasteiger partial charge on any atom is 0.316 e. The zero-order valence-corrected chi connectivity index (χ0v) is 23.0. The Balaban J connectivity index is 0.000000212. The highest BCUT2D eigenvalue weighted by Gasteiger charge is 2.24. The van der Waals surface area contributed by atoms with Gasteiger partial charge in [-0.25, -0.2) is 9.48 Å². The van der Waals surface area contributed by atoms with Gasteiger partial charge in [-0.2, -0.15) is 5.10 Å². The van der Waals surface area contributed by atoms with Crippen LogP contribution in [0.15, 0.2) is 23.4 Å². The number of unbranched alkanes of at least 4 members (excludes halogenated alkanes) is 1. The molecule has 4 rings (SSSR count). The van der Waals surface area contributed by atoms with E-state index >= 15 is 0 Å². The molecule has 0 saturated heterocycles. The van der Waals surface area contributed by atoms with Crippen molar-refractivity contribution in [1.82, 2.24) is 15.1 Å². The summed E-state index contributed by atoms with van der Waals surface area (Å²) in [7, 11) is 0. The highest BCUT2D eigenvalue weighted by molar-refractivity contribution is 7.80. The number of fused-ring (bicyclic) bond motifs is 2. The predicted octanol–water partition coefficient (Wildman–Crippen LogP) is 5.08. The van der Waals surface area contributed by atoms with Crippen molar-refractivity contribution in [2.45, 2.75) is 95.8 Å². The number of thiol groups is 1. The molecule has 0 spiro atoms. The third kappa shape index (κ3) is 8.35. The molecule has 0 aliphatic heterocycles. The molecule has 1 unspecified atom stereocenters. The summed E-state index contributed by atoms with van der Waals surface area (Å²) in [6, 6.07) is 1.91. The summed E-state index contributed by atoms with van der Waals surface area (Å²) >= 11 is 4.09. The highest BCUT2D eigenvalue weighted by Crippen LogP contribution is 2.38. The number of nitrogens with one attached hydrogen (secondary N) is 2. The van der Waals surface area contributed by atoms with Gasteiger partial charge >= 0.3 is 6.03 Å². The van der Waals surface area contributed by atoms with Crippen molar-refractivity contribution in [3.8, 4) is 0 Å². The van der Waals surface area contributed by atoms with Crippen molar-refractivity contribution in [2.75, 3.05) is 11.9 Å². The molecule has 0 saturated carbocycles. The van der Waals surface area contributed by atoms with E-state index in [0.717, 1.165) is 63.5 Å². The minimum absolute atomic E-state index is 0.0274. The summed E-state index contributed by atoms with van der Waals surface area (Å²) in [5, 5.41) is 9.39. The number of urea groups is 1. The Bertz CT molecular complexity index is 1070. The van der Waals surface area contributed by atoms with Crippen LogP contribution in [0.4, 0.5) is 10.5 Å². The van der Waals surface area contributed by atoms with E-state index in [1.165, 1.54) is 52.2 Å². The smallest absolute Gasteiger partial charge is 0.316 e. The van der Waals surface area contributed by atoms with Gasteiger partial charge in [-0.1, -0.05) is 45.6 Å². The van der Waals surface area contributed by atoms with Crippen LogP contribution in [0.3, 0.4) is 0 Å². The second-order valence-electron chi connectivity index (χ2n) is 10.0. The molecule has 1 aromatic carbocycles. The second-order valence-corrected chi connectivity index (χ2v) is 10.6. The summed E-state index contributed by atoms with van der Waals surface area (Å²) in [5.41, 5.74) is 11.8. The van der Waals surface area contributed by atoms with Crippen LogP contribution in [0.1, 0.15) is 92.3 Å². The molecule has 0 bridgehead atoms. The number of anilines is 1. The topological polar surface area (TPSA) is 119 Å². The normalized spacial score (nSPS) is 14.2. The summed E-state index contributed by atoms with van der Waals surface area (Å²) in [4.78, 5) is 35.4. The van der Waals surface area contributed by atoms with Gasteiger partial charge in [-0.3, -0.25) is 9.59 Å². The second kappa shape index (κ2) is 14.2. The van der Waals surface area contributed by atoms with E-state index in [2.05, 4.69) is 48.3 Å². The number of primary amides is 1. The maximum atomic E-state index is 11.9. The SMILES string of the molecule is CCCCC(CCC)CC(=O)NCC(=O)n1cc(S)cn1.NC(=O)Nc1c2c(cc3c1CCC3)CCC2. The van der Waals surface area contributed by atoms with E-state index in [9.17, 15) is 14.4 Å². The fraction of sp³-hybridized carbons (Fsp3) is 0.571. The molecule has 202 valence electrons. The van der Waals surface area contributed by atoms with Crippen molar-refractivity contribution in [3.05, 3.63) is 40.7 Å². The molecule has 2 aromatic rings. The number of carbonyl (C=O) groups is 3. The van der Waals surface area contributed by atoms with E-state index in [0.29, 0.717) is 17.2 Å². The quantitative estimate of drug-likeness (QED) is 0.322. The summed E-state index contributed by atoms with van der Waals surface area (Å²) in [6.07, 6.45) is 15.9. The first-order chi connectivity index (χ1) is 17.8. The molecule has 0 radical (unpaired) electrons. The Morgan fingerprint density at radius 2 is 1.73 bits per heavy atom. The molecule has 0 fully saturated rings. The first-order valence-electron chi connectivity index (χ1n) is 13.6. The molecule has 4 N–H and O–H groups in total. The van der Waals surface area contributed by atoms with Crippen LogP contribution in [0, 0.1) is 5.92 Å². The van der Waals surface area contributed by atoms with Gasteiger partial charge in [0.25, 0.3) is 5.91 Å². The number of rotatable bonds is 10. The van der Waals surface area contributed by atoms with Crippen LogP contribution in [0.2, 0.25) is 0 Å².